The van der Waals surface area contributed by atoms with E-state index in [1.54, 1.807) is 7.11 Å². The first-order valence-electron chi connectivity index (χ1n) is 8.63. The zero-order valence-electron chi connectivity index (χ0n) is 15.4. The van der Waals surface area contributed by atoms with Crippen molar-refractivity contribution in [2.24, 2.45) is 4.99 Å². The lowest BCUT2D eigenvalue weighted by Crippen LogP contribution is -2.32. The minimum atomic E-state index is -0.613. The molecule has 0 amide bonds. The van der Waals surface area contributed by atoms with Crippen LogP contribution in [0, 0.1) is 22.8 Å². The van der Waals surface area contributed by atoms with Gasteiger partial charge in [-0.05, 0) is 17.0 Å². The number of methoxy groups -OCH3 is 1. The fraction of sp³-hybridized carbons (Fsp3) is 0.100. The molecule has 9 heteroatoms. The van der Waals surface area contributed by atoms with Crippen molar-refractivity contribution in [1.82, 2.24) is 10.3 Å². The fourth-order valence-corrected chi connectivity index (χ4v) is 3.52. The van der Waals surface area contributed by atoms with Gasteiger partial charge < -0.3 is 21.5 Å². The number of hydrogen-bond donors (Lipinski definition) is 4. The van der Waals surface area contributed by atoms with Gasteiger partial charge in [-0.3, -0.25) is 5.32 Å². The molecule has 0 saturated carbocycles. The number of nitrogen functional groups attached to an aromatic ring is 2. The number of guanidine groups is 1. The van der Waals surface area contributed by atoms with Crippen molar-refractivity contribution < 1.29 is 4.74 Å². The monoisotopic (exact) mass is 384 g/mol. The highest BCUT2D eigenvalue weighted by atomic mass is 16.5. The number of benzene rings is 2. The molecule has 29 heavy (non-hydrogen) atoms. The topological polar surface area (TPSA) is 158 Å². The average Bonchev–Trinajstić information content (AvgIpc) is 2.72. The number of nitrogens with one attached hydrogen (secondary N) is 2. The van der Waals surface area contributed by atoms with Crippen LogP contribution in [0.3, 0.4) is 0 Å². The highest BCUT2D eigenvalue weighted by Crippen LogP contribution is 2.43. The Balaban J connectivity index is 2.03. The SMILES string of the molecule is COc1ccc(C2N=C(NC#N)Nc3nc(N)c(C#N)c(N)c32)c2ccccc12. The first kappa shape index (κ1) is 17.9. The molecule has 1 atom stereocenters. The van der Waals surface area contributed by atoms with Crippen LogP contribution in [0.5, 0.6) is 5.75 Å². The number of pyridine rings is 1. The molecular formula is C20H16N8O. The predicted octanol–water partition coefficient (Wildman–Crippen LogP) is 2.22. The van der Waals surface area contributed by atoms with Crippen LogP contribution in [-0.2, 0) is 0 Å². The van der Waals surface area contributed by atoms with Crippen LogP contribution in [0.25, 0.3) is 10.8 Å². The van der Waals surface area contributed by atoms with Crippen LogP contribution in [0.4, 0.5) is 17.3 Å². The summed E-state index contributed by atoms with van der Waals surface area (Å²) in [6.45, 7) is 0. The number of anilines is 3. The van der Waals surface area contributed by atoms with Gasteiger partial charge in [0, 0.05) is 10.9 Å². The van der Waals surface area contributed by atoms with Crippen molar-refractivity contribution in [3.8, 4) is 18.0 Å². The number of nitrogens with two attached hydrogens (primary N) is 2. The molecule has 1 aliphatic heterocycles. The lowest BCUT2D eigenvalue weighted by Gasteiger charge is -2.27. The molecule has 0 radical (unpaired) electrons. The number of nitrogens with zero attached hydrogens (tertiary/aromatic N) is 4. The van der Waals surface area contributed by atoms with Crippen LogP contribution in [0.1, 0.15) is 22.7 Å². The predicted molar refractivity (Wildman–Crippen MR) is 110 cm³/mol. The van der Waals surface area contributed by atoms with Gasteiger partial charge in [0.1, 0.15) is 35.1 Å². The Morgan fingerprint density at radius 3 is 2.59 bits per heavy atom. The van der Waals surface area contributed by atoms with Crippen LogP contribution in [-0.4, -0.2) is 18.1 Å². The number of aliphatic imine (C=N–C) groups is 1. The highest BCUT2D eigenvalue weighted by molar-refractivity contribution is 6.00. The third-order valence-electron chi connectivity index (χ3n) is 4.79. The van der Waals surface area contributed by atoms with Gasteiger partial charge in [-0.15, -0.1) is 0 Å². The number of nitriles is 2. The number of hydrogen-bond acceptors (Lipinski definition) is 9. The summed E-state index contributed by atoms with van der Waals surface area (Å²) in [6.07, 6.45) is 1.84. The normalized spacial score (nSPS) is 14.7. The molecule has 142 valence electrons. The van der Waals surface area contributed by atoms with E-state index < -0.39 is 6.04 Å². The standard InChI is InChI=1S/C20H16N8O/c1-29-14-7-6-12(10-4-2-3-5-11(10)14)17-15-16(23)13(8-21)18(24)27-19(15)28-20(26-17)25-9-22/h2-7,17H,1H3,(H6,23,24,25,26,27,28). The number of aromatic nitrogens is 1. The smallest absolute Gasteiger partial charge is 0.211 e. The molecule has 2 aromatic carbocycles. The molecule has 0 aliphatic carbocycles. The third-order valence-corrected chi connectivity index (χ3v) is 4.79. The van der Waals surface area contributed by atoms with E-state index in [1.807, 2.05) is 48.7 Å². The summed E-state index contributed by atoms with van der Waals surface area (Å²) in [4.78, 5) is 8.89. The molecule has 6 N–H and O–H groups in total. The van der Waals surface area contributed by atoms with Gasteiger partial charge in [0.25, 0.3) is 0 Å². The molecule has 0 saturated heterocycles. The molecule has 4 rings (SSSR count). The minimum Gasteiger partial charge on any atom is -0.496 e. The maximum Gasteiger partial charge on any atom is 0.211 e. The van der Waals surface area contributed by atoms with Crippen molar-refractivity contribution in [2.45, 2.75) is 6.04 Å². The van der Waals surface area contributed by atoms with Gasteiger partial charge in [-0.2, -0.15) is 10.5 Å². The lowest BCUT2D eigenvalue weighted by molar-refractivity contribution is 0.419. The average molecular weight is 384 g/mol. The Hall–Kier alpha value is -4.50. The first-order chi connectivity index (χ1) is 14.1. The van der Waals surface area contributed by atoms with Crippen LogP contribution in [0.2, 0.25) is 0 Å². The molecule has 2 heterocycles. The second kappa shape index (κ2) is 6.91. The number of rotatable bonds is 2. The van der Waals surface area contributed by atoms with E-state index in [0.29, 0.717) is 11.4 Å². The number of ether oxygens (including phenoxy) is 1. The van der Waals surface area contributed by atoms with Gasteiger partial charge in [-0.1, -0.05) is 30.3 Å². The van der Waals surface area contributed by atoms with Gasteiger partial charge in [0.05, 0.1) is 12.8 Å². The summed E-state index contributed by atoms with van der Waals surface area (Å²) in [6, 6.07) is 12.8. The minimum absolute atomic E-state index is 0.00722. The van der Waals surface area contributed by atoms with Gasteiger partial charge in [-0.25, -0.2) is 9.98 Å². The Labute approximate surface area is 166 Å². The summed E-state index contributed by atoms with van der Waals surface area (Å²) >= 11 is 0. The molecule has 0 bridgehead atoms. The van der Waals surface area contributed by atoms with Crippen molar-refractivity contribution >= 4 is 34.1 Å². The van der Waals surface area contributed by atoms with Gasteiger partial charge in [0.15, 0.2) is 6.19 Å². The summed E-state index contributed by atoms with van der Waals surface area (Å²) in [7, 11) is 1.61. The zero-order chi connectivity index (χ0) is 20.5. The molecule has 3 aromatic rings. The summed E-state index contributed by atoms with van der Waals surface area (Å²) < 4.78 is 5.47. The first-order valence-corrected chi connectivity index (χ1v) is 8.63. The molecule has 1 unspecified atom stereocenters. The maximum atomic E-state index is 9.46. The van der Waals surface area contributed by atoms with Crippen molar-refractivity contribution in [1.29, 1.82) is 10.5 Å². The molecular weight excluding hydrogens is 368 g/mol. The lowest BCUT2D eigenvalue weighted by atomic mass is 9.91. The molecule has 0 fully saturated rings. The highest BCUT2D eigenvalue weighted by Gasteiger charge is 2.30. The van der Waals surface area contributed by atoms with E-state index in [4.69, 9.17) is 21.5 Å². The maximum absolute atomic E-state index is 9.46. The van der Waals surface area contributed by atoms with E-state index in [9.17, 15) is 5.26 Å². The summed E-state index contributed by atoms with van der Waals surface area (Å²) in [5, 5.41) is 25.7. The van der Waals surface area contributed by atoms with E-state index in [0.717, 1.165) is 22.1 Å². The van der Waals surface area contributed by atoms with Gasteiger partial charge >= 0.3 is 0 Å². The second-order valence-electron chi connectivity index (χ2n) is 6.30. The van der Waals surface area contributed by atoms with E-state index in [-0.39, 0.29) is 23.0 Å². The number of fused-ring (bicyclic) bond motifs is 2. The van der Waals surface area contributed by atoms with E-state index in [2.05, 4.69) is 20.6 Å². The quantitative estimate of drug-likeness (QED) is 0.387. The summed E-state index contributed by atoms with van der Waals surface area (Å²) in [5.41, 5.74) is 13.8. The molecule has 1 aromatic heterocycles. The zero-order valence-corrected chi connectivity index (χ0v) is 15.4. The Morgan fingerprint density at radius 2 is 1.90 bits per heavy atom. The Kier molecular flexibility index (Phi) is 4.26. The van der Waals surface area contributed by atoms with Crippen molar-refractivity contribution in [3.63, 3.8) is 0 Å². The largest absolute Gasteiger partial charge is 0.496 e. The van der Waals surface area contributed by atoms with Gasteiger partial charge in [0.2, 0.25) is 5.96 Å². The van der Waals surface area contributed by atoms with Crippen molar-refractivity contribution in [3.05, 3.63) is 53.1 Å². The Bertz CT molecular complexity index is 1250. The molecule has 0 spiro atoms. The second-order valence-corrected chi connectivity index (χ2v) is 6.30. The van der Waals surface area contributed by atoms with Crippen LogP contribution < -0.4 is 26.8 Å². The van der Waals surface area contributed by atoms with Crippen molar-refractivity contribution in [2.75, 3.05) is 23.9 Å². The van der Waals surface area contributed by atoms with E-state index in [1.165, 1.54) is 0 Å². The van der Waals surface area contributed by atoms with E-state index >= 15 is 0 Å². The third kappa shape index (κ3) is 2.78. The molecule has 9 nitrogen and oxygen atoms in total. The molecule has 1 aliphatic rings. The summed E-state index contributed by atoms with van der Waals surface area (Å²) in [5.74, 6) is 1.28. The van der Waals surface area contributed by atoms with Crippen LogP contribution >= 0.6 is 0 Å². The fourth-order valence-electron chi connectivity index (χ4n) is 3.52. The van der Waals surface area contributed by atoms with Crippen LogP contribution in [0.15, 0.2) is 41.4 Å². The Morgan fingerprint density at radius 1 is 1.14 bits per heavy atom.